The standard InChI is InChI=1S/C22H35NO/c1-21(2)14-19(15-22(3,4)23-21)18-8-6-16(7-9-18)17-10-12-20(24-5)13-11-17/h6-9,17,19-20,23H,10-15H2,1-5H3. The molecule has 2 fully saturated rings. The van der Waals surface area contributed by atoms with Crippen LogP contribution in [0.3, 0.4) is 0 Å². The van der Waals surface area contributed by atoms with Crippen LogP contribution in [-0.2, 0) is 4.74 Å². The first-order valence-corrected chi connectivity index (χ1v) is 9.70. The summed E-state index contributed by atoms with van der Waals surface area (Å²) in [6.07, 6.45) is 7.87. The molecule has 1 saturated carbocycles. The maximum Gasteiger partial charge on any atom is 0.0571 e. The molecule has 24 heavy (non-hydrogen) atoms. The minimum atomic E-state index is 0.212. The van der Waals surface area contributed by atoms with Crippen molar-refractivity contribution >= 4 is 0 Å². The molecule has 0 unspecified atom stereocenters. The van der Waals surface area contributed by atoms with Crippen LogP contribution < -0.4 is 5.32 Å². The first kappa shape index (κ1) is 17.9. The largest absolute Gasteiger partial charge is 0.381 e. The zero-order chi connectivity index (χ0) is 17.4. The Morgan fingerprint density at radius 2 is 1.25 bits per heavy atom. The third-order valence-electron chi connectivity index (χ3n) is 6.08. The van der Waals surface area contributed by atoms with E-state index in [1.54, 1.807) is 0 Å². The lowest BCUT2D eigenvalue weighted by atomic mass is 9.73. The van der Waals surface area contributed by atoms with Crippen molar-refractivity contribution in [3.8, 4) is 0 Å². The van der Waals surface area contributed by atoms with Crippen LogP contribution in [0.15, 0.2) is 24.3 Å². The van der Waals surface area contributed by atoms with E-state index in [2.05, 4.69) is 57.3 Å². The number of methoxy groups -OCH3 is 1. The number of ether oxygens (including phenoxy) is 1. The number of benzene rings is 1. The molecule has 1 aliphatic carbocycles. The van der Waals surface area contributed by atoms with Crippen molar-refractivity contribution < 1.29 is 4.74 Å². The average Bonchev–Trinajstić information content (AvgIpc) is 2.52. The van der Waals surface area contributed by atoms with Gasteiger partial charge in [0.25, 0.3) is 0 Å². The third-order valence-corrected chi connectivity index (χ3v) is 6.08. The number of hydrogen-bond acceptors (Lipinski definition) is 2. The molecule has 0 aromatic heterocycles. The van der Waals surface area contributed by atoms with Crippen molar-refractivity contribution in [1.82, 2.24) is 5.32 Å². The molecule has 0 atom stereocenters. The second-order valence-corrected chi connectivity index (χ2v) is 9.37. The molecule has 1 aromatic rings. The molecule has 1 aromatic carbocycles. The van der Waals surface area contributed by atoms with Gasteiger partial charge in [-0.3, -0.25) is 0 Å². The van der Waals surface area contributed by atoms with E-state index < -0.39 is 0 Å². The maximum absolute atomic E-state index is 5.51. The summed E-state index contributed by atoms with van der Waals surface area (Å²) in [5.41, 5.74) is 3.47. The molecule has 0 spiro atoms. The minimum Gasteiger partial charge on any atom is -0.381 e. The van der Waals surface area contributed by atoms with Gasteiger partial charge in [0.05, 0.1) is 6.10 Å². The minimum absolute atomic E-state index is 0.212. The van der Waals surface area contributed by atoms with E-state index in [9.17, 15) is 0 Å². The maximum atomic E-state index is 5.51. The molecule has 3 rings (SSSR count). The molecule has 1 saturated heterocycles. The quantitative estimate of drug-likeness (QED) is 0.803. The average molecular weight is 330 g/mol. The van der Waals surface area contributed by atoms with Crippen LogP contribution in [0.25, 0.3) is 0 Å². The van der Waals surface area contributed by atoms with Gasteiger partial charge in [-0.1, -0.05) is 24.3 Å². The predicted molar refractivity (Wildman–Crippen MR) is 102 cm³/mol. The normalized spacial score (nSPS) is 30.2. The first-order chi connectivity index (χ1) is 11.3. The summed E-state index contributed by atoms with van der Waals surface area (Å²) >= 11 is 0. The van der Waals surface area contributed by atoms with Crippen molar-refractivity contribution in [2.24, 2.45) is 0 Å². The lowest BCUT2D eigenvalue weighted by molar-refractivity contribution is 0.0658. The Morgan fingerprint density at radius 1 is 0.792 bits per heavy atom. The van der Waals surface area contributed by atoms with Crippen LogP contribution >= 0.6 is 0 Å². The first-order valence-electron chi connectivity index (χ1n) is 9.70. The molecular weight excluding hydrogens is 294 g/mol. The zero-order valence-corrected chi connectivity index (χ0v) is 16.2. The van der Waals surface area contributed by atoms with Gasteiger partial charge in [0.1, 0.15) is 0 Å². The smallest absolute Gasteiger partial charge is 0.0571 e. The van der Waals surface area contributed by atoms with E-state index in [1.165, 1.54) is 49.7 Å². The second kappa shape index (κ2) is 6.80. The molecule has 1 heterocycles. The van der Waals surface area contributed by atoms with Crippen LogP contribution in [0.5, 0.6) is 0 Å². The summed E-state index contributed by atoms with van der Waals surface area (Å²) in [6, 6.07) is 9.60. The van der Waals surface area contributed by atoms with Gasteiger partial charge in [0.15, 0.2) is 0 Å². The highest BCUT2D eigenvalue weighted by Crippen LogP contribution is 2.40. The van der Waals surface area contributed by atoms with Crippen molar-refractivity contribution in [2.75, 3.05) is 7.11 Å². The van der Waals surface area contributed by atoms with Crippen molar-refractivity contribution in [3.05, 3.63) is 35.4 Å². The topological polar surface area (TPSA) is 21.3 Å². The van der Waals surface area contributed by atoms with E-state index >= 15 is 0 Å². The fraction of sp³-hybridized carbons (Fsp3) is 0.727. The van der Waals surface area contributed by atoms with Crippen molar-refractivity contribution in [3.63, 3.8) is 0 Å². The fourth-order valence-corrected chi connectivity index (χ4v) is 5.23. The van der Waals surface area contributed by atoms with Crippen LogP contribution in [0.1, 0.15) is 89.2 Å². The Morgan fingerprint density at radius 3 is 1.71 bits per heavy atom. The highest BCUT2D eigenvalue weighted by molar-refractivity contribution is 5.29. The molecule has 134 valence electrons. The van der Waals surface area contributed by atoms with Gasteiger partial charge < -0.3 is 10.1 Å². The van der Waals surface area contributed by atoms with Crippen LogP contribution in [0.2, 0.25) is 0 Å². The van der Waals surface area contributed by atoms with Gasteiger partial charge >= 0.3 is 0 Å². The molecule has 1 N–H and O–H groups in total. The van der Waals surface area contributed by atoms with E-state index in [-0.39, 0.29) is 11.1 Å². The number of nitrogens with one attached hydrogen (secondary N) is 1. The summed E-state index contributed by atoms with van der Waals surface area (Å²) in [5, 5.41) is 3.79. The van der Waals surface area contributed by atoms with Gasteiger partial charge in [0, 0.05) is 18.2 Å². The van der Waals surface area contributed by atoms with Gasteiger partial charge in [-0.2, -0.15) is 0 Å². The molecule has 2 nitrogen and oxygen atoms in total. The van der Waals surface area contributed by atoms with E-state index in [1.807, 2.05) is 7.11 Å². The molecular formula is C22H35NO. The summed E-state index contributed by atoms with van der Waals surface area (Å²) in [6.45, 7) is 9.35. The Bertz CT molecular complexity index is 522. The molecule has 0 radical (unpaired) electrons. The van der Waals surface area contributed by atoms with Gasteiger partial charge in [0.2, 0.25) is 0 Å². The second-order valence-electron chi connectivity index (χ2n) is 9.37. The molecule has 0 amide bonds. The highest BCUT2D eigenvalue weighted by atomic mass is 16.5. The van der Waals surface area contributed by atoms with Gasteiger partial charge in [-0.05, 0) is 89.2 Å². The number of rotatable bonds is 3. The Labute approximate surface area is 148 Å². The monoisotopic (exact) mass is 329 g/mol. The van der Waals surface area contributed by atoms with Crippen molar-refractivity contribution in [1.29, 1.82) is 0 Å². The van der Waals surface area contributed by atoms with Gasteiger partial charge in [-0.15, -0.1) is 0 Å². The van der Waals surface area contributed by atoms with Crippen LogP contribution in [0.4, 0.5) is 0 Å². The molecule has 1 aliphatic heterocycles. The van der Waals surface area contributed by atoms with E-state index in [0.717, 1.165) is 5.92 Å². The third kappa shape index (κ3) is 4.21. The molecule has 2 aliphatic rings. The van der Waals surface area contributed by atoms with Gasteiger partial charge in [-0.25, -0.2) is 0 Å². The molecule has 2 heteroatoms. The Hall–Kier alpha value is -0.860. The SMILES string of the molecule is COC1CCC(c2ccc(C3CC(C)(C)NC(C)(C)C3)cc2)CC1. The number of piperidine rings is 1. The van der Waals surface area contributed by atoms with E-state index in [4.69, 9.17) is 4.74 Å². The summed E-state index contributed by atoms with van der Waals surface area (Å²) < 4.78 is 5.51. The van der Waals surface area contributed by atoms with Crippen LogP contribution in [0, 0.1) is 0 Å². The molecule has 0 bridgehead atoms. The van der Waals surface area contributed by atoms with Crippen LogP contribution in [-0.4, -0.2) is 24.3 Å². The Balaban J connectivity index is 1.68. The van der Waals surface area contributed by atoms with E-state index in [0.29, 0.717) is 12.0 Å². The lowest BCUT2D eigenvalue weighted by Crippen LogP contribution is -2.57. The zero-order valence-electron chi connectivity index (χ0n) is 16.2. The van der Waals surface area contributed by atoms with Crippen molar-refractivity contribution in [2.45, 2.75) is 95.2 Å². The Kier molecular flexibility index (Phi) is 5.09. The summed E-state index contributed by atoms with van der Waals surface area (Å²) in [7, 11) is 1.85. The summed E-state index contributed by atoms with van der Waals surface area (Å²) in [4.78, 5) is 0. The fourth-order valence-electron chi connectivity index (χ4n) is 5.23. The highest BCUT2D eigenvalue weighted by Gasteiger charge is 2.38. The predicted octanol–water partition coefficient (Wildman–Crippen LogP) is 5.38. The lowest BCUT2D eigenvalue weighted by Gasteiger charge is -2.46. The number of hydrogen-bond donors (Lipinski definition) is 1. The summed E-state index contributed by atoms with van der Waals surface area (Å²) in [5.74, 6) is 1.39.